The quantitative estimate of drug-likeness (QED) is 0.0211. The highest BCUT2D eigenvalue weighted by atomic mass is 31.2. The highest BCUT2D eigenvalue weighted by Crippen LogP contribution is 2.54. The number of carbonyl (C=O) groups is 6. The molecular weight excluding hydrogens is 1330 g/mol. The van der Waals surface area contributed by atoms with Crippen molar-refractivity contribution in [2.75, 3.05) is 85.8 Å². The van der Waals surface area contributed by atoms with Crippen LogP contribution in [0.15, 0.2) is 0 Å². The Labute approximate surface area is 567 Å². The van der Waals surface area contributed by atoms with Gasteiger partial charge in [-0.1, -0.05) is 6.92 Å². The molecule has 6 rings (SSSR count). The Morgan fingerprint density at radius 1 is 0.485 bits per heavy atom. The number of amides is 6. The fourth-order valence-corrected chi connectivity index (χ4v) is 15.4. The highest BCUT2D eigenvalue weighted by Gasteiger charge is 2.50. The Hall–Kier alpha value is -3.20. The molecule has 17 unspecified atom stereocenters. The topological polar surface area (TPSA) is 478 Å². The number of unbranched alkanes of at least 4 members (excludes halogenated alkanes) is 3. The van der Waals surface area contributed by atoms with Gasteiger partial charge in [-0.2, -0.15) is 0 Å². The van der Waals surface area contributed by atoms with Gasteiger partial charge in [-0.3, -0.25) is 28.8 Å². The molecule has 12 N–H and O–H groups in total. The Morgan fingerprint density at radius 3 is 1.08 bits per heavy atom. The summed E-state index contributed by atoms with van der Waals surface area (Å²) in [6.07, 6.45) is -14.8. The molecule has 34 nitrogen and oxygen atoms in total. The molecule has 0 radical (unpaired) electrons. The Bertz CT molecular complexity index is 2500. The number of aliphatic hydroxyl groups excluding tert-OH is 9. The van der Waals surface area contributed by atoms with Crippen LogP contribution >= 0.6 is 15.9 Å². The maximum absolute atomic E-state index is 14.4. The van der Waals surface area contributed by atoms with Crippen LogP contribution in [0.5, 0.6) is 0 Å². The van der Waals surface area contributed by atoms with Gasteiger partial charge in [0.2, 0.25) is 51.3 Å². The van der Waals surface area contributed by atoms with Crippen molar-refractivity contribution in [1.29, 1.82) is 0 Å². The first-order valence-electron chi connectivity index (χ1n) is 33.6. The lowest BCUT2D eigenvalue weighted by atomic mass is 9.97. The van der Waals surface area contributed by atoms with Gasteiger partial charge in [0.15, 0.2) is 18.9 Å². The molecular formula is C61H108N6O28P2. The van der Waals surface area contributed by atoms with E-state index in [0.29, 0.717) is 44.9 Å². The summed E-state index contributed by atoms with van der Waals surface area (Å²) in [5, 5.41) is 99.7. The van der Waals surface area contributed by atoms with Gasteiger partial charge in [-0.05, 0) is 72.1 Å². The zero-order valence-corrected chi connectivity index (χ0v) is 58.9. The van der Waals surface area contributed by atoms with E-state index in [1.165, 1.54) is 39.0 Å². The van der Waals surface area contributed by atoms with Gasteiger partial charge in [0, 0.05) is 85.3 Å². The van der Waals surface area contributed by atoms with E-state index >= 15 is 0 Å². The third kappa shape index (κ3) is 24.8. The summed E-state index contributed by atoms with van der Waals surface area (Å²) in [5.74, 6) is -2.35. The third-order valence-corrected chi connectivity index (χ3v) is 20.3. The number of likely N-dealkylation sites (tertiary alicyclic amines) is 3. The minimum atomic E-state index is -3.99. The van der Waals surface area contributed by atoms with Crippen LogP contribution in [0, 0.1) is 0 Å². The molecule has 6 fully saturated rings. The summed E-state index contributed by atoms with van der Waals surface area (Å²) in [6, 6.07) is -5.06. The number of rotatable bonds is 36. The molecule has 23 atom stereocenters. The highest BCUT2D eigenvalue weighted by molar-refractivity contribution is 7.58. The number of hydrogen-bond acceptors (Lipinski definition) is 28. The van der Waals surface area contributed by atoms with Crippen LogP contribution in [0.2, 0.25) is 0 Å². The number of carbonyl (C=O) groups excluding carboxylic acids is 6. The summed E-state index contributed by atoms with van der Waals surface area (Å²) in [4.78, 5) is 111. The van der Waals surface area contributed by atoms with Crippen LogP contribution in [-0.4, -0.2) is 316 Å². The molecule has 560 valence electrons. The van der Waals surface area contributed by atoms with E-state index in [4.69, 9.17) is 51.3 Å². The average molecular weight is 1440 g/mol. The molecule has 0 spiro atoms. The predicted molar refractivity (Wildman–Crippen MR) is 338 cm³/mol. The fraction of sp³-hybridized carbons (Fsp3) is 0.902. The summed E-state index contributed by atoms with van der Waals surface area (Å²) in [5.41, 5.74) is -0.579. The summed E-state index contributed by atoms with van der Waals surface area (Å²) in [6.45, 7) is 11.7. The van der Waals surface area contributed by atoms with Gasteiger partial charge >= 0.3 is 0 Å². The Morgan fingerprint density at radius 2 is 0.784 bits per heavy atom. The second-order valence-electron chi connectivity index (χ2n) is 26.9. The van der Waals surface area contributed by atoms with Gasteiger partial charge in [-0.15, -0.1) is 0 Å². The van der Waals surface area contributed by atoms with E-state index < -0.39 is 181 Å². The minimum absolute atomic E-state index is 0.0293. The van der Waals surface area contributed by atoms with Crippen molar-refractivity contribution < 1.29 is 136 Å². The smallest absolute Gasteiger partial charge is 0.235 e. The minimum Gasteiger partial charge on any atom is -0.632 e. The van der Waals surface area contributed by atoms with Crippen molar-refractivity contribution in [1.82, 2.24) is 30.7 Å². The Kier molecular flexibility index (Phi) is 32.7. The number of aliphatic hydroxyl groups is 9. The van der Waals surface area contributed by atoms with E-state index in [2.05, 4.69) is 16.0 Å². The first kappa shape index (κ1) is 82.8. The molecule has 97 heavy (non-hydrogen) atoms. The zero-order chi connectivity index (χ0) is 71.7. The standard InChI is InChI=1S/C61H108N6O28P2/c1-10-37-23-41(27-65(37)46(74)17-11-14-20-85-58-49(62-34(2)71)55(80)52(77)43(29-68)90-58)94-96(8,83)89-33-39-25-42(28-67(39)48(76)19-13-16-22-87-60-51(64-36(4)73)57(82)54(79)45(31-70)92-60)95-97(9,84)88-32-38-24-40(93-61(5,6)7)26-66(38)47(75)18-12-15-21-86-59-50(63-35(3)72)56(81)53(78)44(30-69)91-59/h37-45,49-60,68-70,77-82H,10-33H2,1-9H3,(H,62,71)(H,63,72)(H,64,73)/t37-,38+,39+,40-,41-,42-,43?,44?,45?,49?,50?,51?,52?,53?,54?,55?,56?,57?,58?,59?,60?,96?,97?/m1/s1. The van der Waals surface area contributed by atoms with Gasteiger partial charge in [-0.25, -0.2) is 18.1 Å². The molecule has 0 saturated carbocycles. The van der Waals surface area contributed by atoms with Crippen LogP contribution in [0.4, 0.5) is 0 Å². The van der Waals surface area contributed by atoms with Crippen molar-refractivity contribution >= 4 is 51.3 Å². The number of nitrogens with one attached hydrogen (secondary N) is 3. The van der Waals surface area contributed by atoms with E-state index in [9.17, 15) is 84.5 Å². The Balaban J connectivity index is 1.05. The van der Waals surface area contributed by atoms with Crippen molar-refractivity contribution in [2.45, 2.75) is 266 Å². The van der Waals surface area contributed by atoms with Crippen molar-refractivity contribution in [3.8, 4) is 0 Å². The van der Waals surface area contributed by atoms with Crippen LogP contribution in [0.1, 0.15) is 132 Å². The van der Waals surface area contributed by atoms with Crippen LogP contribution in [0.3, 0.4) is 0 Å². The molecule has 0 aliphatic carbocycles. The summed E-state index contributed by atoms with van der Waals surface area (Å²) in [7, 11) is -7.92. The molecule has 0 aromatic rings. The van der Waals surface area contributed by atoms with Crippen molar-refractivity contribution in [3.63, 3.8) is 0 Å². The molecule has 6 heterocycles. The molecule has 6 aliphatic rings. The lowest BCUT2D eigenvalue weighted by Crippen LogP contribution is -2.64. The van der Waals surface area contributed by atoms with Gasteiger partial charge in [0.25, 0.3) is 0 Å². The van der Waals surface area contributed by atoms with Crippen molar-refractivity contribution in [2.24, 2.45) is 0 Å². The van der Waals surface area contributed by atoms with E-state index in [-0.39, 0.29) is 115 Å². The maximum atomic E-state index is 14.4. The summed E-state index contributed by atoms with van der Waals surface area (Å²) >= 11 is 0. The largest absolute Gasteiger partial charge is 0.632 e. The summed E-state index contributed by atoms with van der Waals surface area (Å²) < 4.78 is 65.1. The van der Waals surface area contributed by atoms with Crippen LogP contribution < -0.4 is 25.7 Å². The lowest BCUT2D eigenvalue weighted by molar-refractivity contribution is -0.270. The molecule has 6 saturated heterocycles. The molecule has 6 aliphatic heterocycles. The molecule has 0 aromatic carbocycles. The van der Waals surface area contributed by atoms with Crippen LogP contribution in [0.25, 0.3) is 0 Å². The van der Waals surface area contributed by atoms with E-state index in [1.807, 2.05) is 27.7 Å². The maximum Gasteiger partial charge on any atom is 0.235 e. The SMILES string of the molecule is CC[C@@H]1C[C@@H](O[P+](C)([O-])OC[C@@H]2C[C@@H](O[P+](C)([O-])OC[C@@H]3C[C@@H](OC(C)(C)C)CN3C(=O)CCCCOC3OC(CO)C(O)C(O)C3NC(C)=O)CN2C(=O)CCCCOC2OC(CO)C(O)C(O)C2NC(C)=O)CN1C(=O)CCCCOC1OC(CO)C(O)C(O)C1NC(C)=O. The normalized spacial score (nSPS) is 34.5. The number of nitrogens with zero attached hydrogens (tertiary/aromatic N) is 3. The number of hydrogen-bond donors (Lipinski definition) is 12. The van der Waals surface area contributed by atoms with Crippen molar-refractivity contribution in [3.05, 3.63) is 0 Å². The molecule has 36 heteroatoms. The second-order valence-corrected chi connectivity index (χ2v) is 31.0. The molecule has 0 bridgehead atoms. The first-order chi connectivity index (χ1) is 45.7. The lowest BCUT2D eigenvalue weighted by Gasteiger charge is -2.42. The first-order valence-corrected chi connectivity index (χ1v) is 37.6. The fourth-order valence-electron chi connectivity index (χ4n) is 13.0. The van der Waals surface area contributed by atoms with E-state index in [1.54, 1.807) is 9.80 Å². The second kappa shape index (κ2) is 38.4. The van der Waals surface area contributed by atoms with Crippen LogP contribution in [-0.2, 0) is 80.0 Å². The van der Waals surface area contributed by atoms with E-state index in [0.717, 1.165) is 0 Å². The average Bonchev–Trinajstić information content (AvgIpc) is 1.79. The monoisotopic (exact) mass is 1430 g/mol. The predicted octanol–water partition coefficient (Wildman–Crippen LogP) is -3.92. The molecule has 6 amide bonds. The molecule has 0 aromatic heterocycles. The van der Waals surface area contributed by atoms with Gasteiger partial charge in [0.05, 0.1) is 70.0 Å². The zero-order valence-electron chi connectivity index (χ0n) is 57.1. The third-order valence-electron chi connectivity index (χ3n) is 17.7. The van der Waals surface area contributed by atoms with Gasteiger partial charge in [0.1, 0.15) is 98.5 Å². The van der Waals surface area contributed by atoms with Gasteiger partial charge < -0.3 is 120 Å². The number of ether oxygens (including phenoxy) is 7.